The predicted octanol–water partition coefficient (Wildman–Crippen LogP) is 2.59. The largest absolute Gasteiger partial charge is 0.460 e. The third kappa shape index (κ3) is 4.36. The molecular weight excluding hydrogens is 184 g/mol. The summed E-state index contributed by atoms with van der Waals surface area (Å²) in [5, 5.41) is 2.05. The van der Waals surface area contributed by atoms with Gasteiger partial charge in [-0.2, -0.15) is 0 Å². The zero-order valence-corrected chi connectivity index (χ0v) is 9.19. The van der Waals surface area contributed by atoms with Gasteiger partial charge in [0.15, 0.2) is 0 Å². The van der Waals surface area contributed by atoms with Crippen molar-refractivity contribution in [1.29, 1.82) is 0 Å². The first-order valence-electron chi connectivity index (χ1n) is 4.47. The van der Waals surface area contributed by atoms with Crippen LogP contribution >= 0.6 is 11.8 Å². The van der Waals surface area contributed by atoms with Crippen molar-refractivity contribution in [2.75, 3.05) is 5.75 Å². The fourth-order valence-electron chi connectivity index (χ4n) is 1.13. The van der Waals surface area contributed by atoms with Gasteiger partial charge in [-0.05, 0) is 32.1 Å². The van der Waals surface area contributed by atoms with E-state index in [1.54, 1.807) is 11.8 Å². The number of ether oxygens (including phenoxy) is 1. The summed E-state index contributed by atoms with van der Waals surface area (Å²) in [6, 6.07) is 0. The summed E-state index contributed by atoms with van der Waals surface area (Å²) in [7, 11) is 0. The van der Waals surface area contributed by atoms with Crippen LogP contribution in [0.2, 0.25) is 0 Å². The second-order valence-electron chi connectivity index (χ2n) is 4.21. The Labute approximate surface area is 83.7 Å². The van der Waals surface area contributed by atoms with Crippen LogP contribution in [0, 0.1) is 5.92 Å². The maximum atomic E-state index is 11.3. The predicted molar refractivity (Wildman–Crippen MR) is 55.6 cm³/mol. The zero-order chi connectivity index (χ0) is 9.90. The van der Waals surface area contributed by atoms with Crippen LogP contribution in [-0.2, 0) is 9.53 Å². The van der Waals surface area contributed by atoms with Crippen LogP contribution in [0.15, 0.2) is 11.5 Å². The maximum Gasteiger partial charge on any atom is 0.306 e. The maximum absolute atomic E-state index is 11.3. The van der Waals surface area contributed by atoms with Gasteiger partial charge in [-0.3, -0.25) is 4.79 Å². The van der Waals surface area contributed by atoms with Gasteiger partial charge >= 0.3 is 5.97 Å². The Morgan fingerprint density at radius 1 is 1.62 bits per heavy atom. The molecule has 1 atom stereocenters. The molecule has 0 N–H and O–H groups in total. The van der Waals surface area contributed by atoms with E-state index in [1.165, 1.54) is 0 Å². The van der Waals surface area contributed by atoms with Crippen molar-refractivity contribution in [1.82, 2.24) is 0 Å². The van der Waals surface area contributed by atoms with Gasteiger partial charge in [-0.25, -0.2) is 0 Å². The summed E-state index contributed by atoms with van der Waals surface area (Å²) in [5.74, 6) is 1.30. The molecule has 0 radical (unpaired) electrons. The van der Waals surface area contributed by atoms with Crippen LogP contribution in [0.3, 0.4) is 0 Å². The Bertz CT molecular complexity index is 215. The summed E-state index contributed by atoms with van der Waals surface area (Å²) < 4.78 is 5.22. The van der Waals surface area contributed by atoms with E-state index < -0.39 is 0 Å². The lowest BCUT2D eigenvalue weighted by molar-refractivity contribution is -0.155. The smallest absolute Gasteiger partial charge is 0.306 e. The van der Waals surface area contributed by atoms with Gasteiger partial charge in [0, 0.05) is 5.75 Å². The van der Waals surface area contributed by atoms with Gasteiger partial charge in [-0.15, -0.1) is 11.8 Å². The number of hydrogen-bond acceptors (Lipinski definition) is 3. The number of rotatable bonds is 2. The molecule has 13 heavy (non-hydrogen) atoms. The fourth-order valence-corrected chi connectivity index (χ4v) is 2.05. The van der Waals surface area contributed by atoms with Gasteiger partial charge in [-0.1, -0.05) is 6.08 Å². The van der Waals surface area contributed by atoms with E-state index in [-0.39, 0.29) is 11.6 Å². The average molecular weight is 200 g/mol. The minimum Gasteiger partial charge on any atom is -0.460 e. The molecule has 0 saturated heterocycles. The minimum atomic E-state index is -0.355. The molecule has 1 aliphatic heterocycles. The molecule has 0 amide bonds. The van der Waals surface area contributed by atoms with Crippen LogP contribution < -0.4 is 0 Å². The molecule has 2 nitrogen and oxygen atoms in total. The van der Waals surface area contributed by atoms with Crippen LogP contribution in [-0.4, -0.2) is 17.3 Å². The van der Waals surface area contributed by atoms with Gasteiger partial charge in [0.2, 0.25) is 0 Å². The number of allylic oxidation sites excluding steroid dienone is 1. The second-order valence-corrected chi connectivity index (χ2v) is 5.15. The molecule has 74 valence electrons. The van der Waals surface area contributed by atoms with E-state index >= 15 is 0 Å². The van der Waals surface area contributed by atoms with E-state index in [2.05, 4.69) is 11.5 Å². The van der Waals surface area contributed by atoms with Crippen molar-refractivity contribution in [3.05, 3.63) is 11.5 Å². The summed E-state index contributed by atoms with van der Waals surface area (Å²) in [5.41, 5.74) is -0.355. The fraction of sp³-hybridized carbons (Fsp3) is 0.700. The van der Waals surface area contributed by atoms with E-state index in [9.17, 15) is 4.79 Å². The van der Waals surface area contributed by atoms with Crippen molar-refractivity contribution >= 4 is 17.7 Å². The Morgan fingerprint density at radius 2 is 2.31 bits per heavy atom. The minimum absolute atomic E-state index is 0.0929. The van der Waals surface area contributed by atoms with Crippen LogP contribution in [0.4, 0.5) is 0 Å². The molecule has 1 rings (SSSR count). The topological polar surface area (TPSA) is 26.3 Å². The summed E-state index contributed by atoms with van der Waals surface area (Å²) in [6.45, 7) is 5.68. The van der Waals surface area contributed by atoms with Crippen molar-refractivity contribution in [3.8, 4) is 0 Å². The summed E-state index contributed by atoms with van der Waals surface area (Å²) in [4.78, 5) is 11.3. The highest BCUT2D eigenvalue weighted by molar-refractivity contribution is 8.02. The molecule has 1 aliphatic rings. The number of carbonyl (C=O) groups excluding carboxylic acids is 1. The summed E-state index contributed by atoms with van der Waals surface area (Å²) >= 11 is 1.75. The monoisotopic (exact) mass is 200 g/mol. The lowest BCUT2D eigenvalue weighted by atomic mass is 10.1. The third-order valence-electron chi connectivity index (χ3n) is 1.61. The first kappa shape index (κ1) is 10.6. The lowest BCUT2D eigenvalue weighted by Crippen LogP contribution is -2.25. The molecule has 0 spiro atoms. The van der Waals surface area contributed by atoms with Crippen molar-refractivity contribution in [2.45, 2.75) is 32.8 Å². The Balaban J connectivity index is 2.29. The van der Waals surface area contributed by atoms with Gasteiger partial charge in [0.25, 0.3) is 0 Å². The molecule has 0 fully saturated rings. The van der Waals surface area contributed by atoms with Crippen molar-refractivity contribution in [2.24, 2.45) is 5.92 Å². The average Bonchev–Trinajstić information content (AvgIpc) is 2.34. The van der Waals surface area contributed by atoms with Crippen LogP contribution in [0.5, 0.6) is 0 Å². The molecule has 1 unspecified atom stereocenters. The molecule has 0 bridgehead atoms. The van der Waals surface area contributed by atoms with E-state index in [4.69, 9.17) is 4.74 Å². The molecule has 0 aromatic rings. The van der Waals surface area contributed by atoms with Crippen molar-refractivity contribution < 1.29 is 9.53 Å². The second kappa shape index (κ2) is 4.18. The zero-order valence-electron chi connectivity index (χ0n) is 8.37. The van der Waals surface area contributed by atoms with Crippen LogP contribution in [0.25, 0.3) is 0 Å². The van der Waals surface area contributed by atoms with E-state index in [0.29, 0.717) is 12.3 Å². The molecule has 1 heterocycles. The van der Waals surface area contributed by atoms with Crippen LogP contribution in [0.1, 0.15) is 27.2 Å². The van der Waals surface area contributed by atoms with Gasteiger partial charge < -0.3 is 4.74 Å². The Hall–Kier alpha value is -0.440. The SMILES string of the molecule is CC(C)(C)OC(=O)CC1C=CSC1. The summed E-state index contributed by atoms with van der Waals surface area (Å²) in [6.07, 6.45) is 2.59. The normalized spacial score (nSPS) is 21.9. The number of carbonyl (C=O) groups is 1. The van der Waals surface area contributed by atoms with E-state index in [1.807, 2.05) is 20.8 Å². The highest BCUT2D eigenvalue weighted by atomic mass is 32.2. The Kier molecular flexibility index (Phi) is 3.42. The lowest BCUT2D eigenvalue weighted by Gasteiger charge is -2.20. The first-order chi connectivity index (χ1) is 5.97. The number of hydrogen-bond donors (Lipinski definition) is 0. The number of esters is 1. The van der Waals surface area contributed by atoms with Gasteiger partial charge in [0.05, 0.1) is 6.42 Å². The quantitative estimate of drug-likeness (QED) is 0.641. The molecule has 0 aliphatic carbocycles. The molecular formula is C10H16O2S. The van der Waals surface area contributed by atoms with E-state index in [0.717, 1.165) is 5.75 Å². The van der Waals surface area contributed by atoms with Crippen molar-refractivity contribution in [3.63, 3.8) is 0 Å². The first-order valence-corrected chi connectivity index (χ1v) is 5.52. The Morgan fingerprint density at radius 3 is 2.77 bits per heavy atom. The standard InChI is InChI=1S/C10H16O2S/c1-10(2,3)12-9(11)6-8-4-5-13-7-8/h4-5,8H,6-7H2,1-3H3. The molecule has 0 aromatic carbocycles. The van der Waals surface area contributed by atoms with Gasteiger partial charge in [0.1, 0.15) is 5.60 Å². The third-order valence-corrected chi connectivity index (χ3v) is 2.58. The molecule has 0 saturated carbocycles. The highest BCUT2D eigenvalue weighted by Crippen LogP contribution is 2.24. The molecule has 3 heteroatoms. The molecule has 0 aromatic heterocycles. The number of thioether (sulfide) groups is 1. The highest BCUT2D eigenvalue weighted by Gasteiger charge is 2.20.